The molecular weight excluding hydrogens is 234 g/mol. The van der Waals surface area contributed by atoms with E-state index in [1.165, 1.54) is 0 Å². The number of halogens is 3. The van der Waals surface area contributed by atoms with Gasteiger partial charge in [-0.1, -0.05) is 0 Å². The van der Waals surface area contributed by atoms with Crippen LogP contribution in [0.4, 0.5) is 13.2 Å². The standard InChI is InChI=1S/C6H3F3O.C2H4.Zn/c7-4-1-3(10)2-5(8)6(4)9;1-2;/h1-2,10H;1-2H2;/q;;+1/p-1. The Morgan fingerprint density at radius 1 is 1.23 bits per heavy atom. The molecule has 0 aliphatic carbocycles. The predicted molar refractivity (Wildman–Crippen MR) is 37.1 cm³/mol. The average molecular weight is 241 g/mol. The van der Waals surface area contributed by atoms with Crippen LogP contribution in [0.25, 0.3) is 0 Å². The van der Waals surface area contributed by atoms with E-state index in [2.05, 4.69) is 6.92 Å². The first-order valence-electron chi connectivity index (χ1n) is 3.71. The topological polar surface area (TPSA) is 9.23 Å². The Labute approximate surface area is 81.9 Å². The van der Waals surface area contributed by atoms with E-state index in [-0.39, 0.29) is 5.75 Å². The second-order valence-corrected chi connectivity index (χ2v) is 5.35. The zero-order valence-electron chi connectivity index (χ0n) is 6.82. The van der Waals surface area contributed by atoms with Gasteiger partial charge in [-0.05, 0) is 0 Å². The molecule has 0 heterocycles. The van der Waals surface area contributed by atoms with Crippen molar-refractivity contribution in [2.24, 2.45) is 0 Å². The molecule has 1 radical (unpaired) electrons. The molecule has 0 bridgehead atoms. The van der Waals surface area contributed by atoms with Gasteiger partial charge in [-0.2, -0.15) is 0 Å². The molecule has 0 fully saturated rings. The Bertz CT molecular complexity index is 280. The second-order valence-electron chi connectivity index (χ2n) is 2.40. The van der Waals surface area contributed by atoms with Gasteiger partial charge < -0.3 is 0 Å². The summed E-state index contributed by atoms with van der Waals surface area (Å²) in [5.41, 5.74) is 0. The van der Waals surface area contributed by atoms with Crippen molar-refractivity contribution in [1.29, 1.82) is 0 Å². The summed E-state index contributed by atoms with van der Waals surface area (Å²) < 4.78 is 42.6. The zero-order valence-corrected chi connectivity index (χ0v) is 9.79. The van der Waals surface area contributed by atoms with Crippen molar-refractivity contribution >= 4 is 0 Å². The molecule has 0 aromatic heterocycles. The van der Waals surface area contributed by atoms with Crippen molar-refractivity contribution < 1.29 is 34.2 Å². The Morgan fingerprint density at radius 3 is 2.23 bits per heavy atom. The van der Waals surface area contributed by atoms with Crippen molar-refractivity contribution in [3.8, 4) is 5.75 Å². The fraction of sp³-hybridized carbons (Fsp3) is 0.125. The molecule has 0 N–H and O–H groups in total. The summed E-state index contributed by atoms with van der Waals surface area (Å²) in [5.74, 6) is -3.85. The van der Waals surface area contributed by atoms with Crippen molar-refractivity contribution in [2.45, 2.75) is 5.02 Å². The van der Waals surface area contributed by atoms with Gasteiger partial charge in [-0.3, -0.25) is 0 Å². The van der Waals surface area contributed by atoms with Crippen LogP contribution < -0.4 is 3.56 Å². The third kappa shape index (κ3) is 2.69. The fourth-order valence-electron chi connectivity index (χ4n) is 0.806. The van der Waals surface area contributed by atoms with Gasteiger partial charge in [0.1, 0.15) is 0 Å². The minimum atomic E-state index is -1.46. The first-order chi connectivity index (χ1) is 6.15. The second kappa shape index (κ2) is 4.61. The Kier molecular flexibility index (Phi) is 3.73. The van der Waals surface area contributed by atoms with Crippen molar-refractivity contribution in [3.63, 3.8) is 0 Å². The number of rotatable bonds is 3. The number of benzene rings is 1. The first-order valence-corrected chi connectivity index (χ1v) is 7.02. The van der Waals surface area contributed by atoms with E-state index in [1.807, 2.05) is 0 Å². The van der Waals surface area contributed by atoms with Gasteiger partial charge >= 0.3 is 81.5 Å². The van der Waals surface area contributed by atoms with E-state index < -0.39 is 34.9 Å². The summed E-state index contributed by atoms with van der Waals surface area (Å²) in [6.45, 7) is 3.56. The summed E-state index contributed by atoms with van der Waals surface area (Å²) in [6.07, 6.45) is 0. The Balaban J connectivity index is 2.86. The van der Waals surface area contributed by atoms with E-state index in [0.717, 1.165) is 12.1 Å². The van der Waals surface area contributed by atoms with Crippen LogP contribution in [0.3, 0.4) is 0 Å². The van der Waals surface area contributed by atoms with E-state index >= 15 is 0 Å². The molecule has 0 amide bonds. The monoisotopic (exact) mass is 239 g/mol. The molecule has 13 heavy (non-hydrogen) atoms. The predicted octanol–water partition coefficient (Wildman–Crippen LogP) is 2.73. The molecule has 0 atom stereocenters. The summed E-state index contributed by atoms with van der Waals surface area (Å²) >= 11 is -1.28. The molecule has 5 heteroatoms. The molecule has 1 nitrogen and oxygen atoms in total. The van der Waals surface area contributed by atoms with Crippen LogP contribution >= 0.6 is 0 Å². The molecule has 1 rings (SSSR count). The molecule has 0 spiro atoms. The quantitative estimate of drug-likeness (QED) is 0.583. The normalized spacial score (nSPS) is 9.54. The third-order valence-corrected chi connectivity index (χ3v) is 3.10. The minimum absolute atomic E-state index is 0.0556. The van der Waals surface area contributed by atoms with Gasteiger partial charge in [-0.15, -0.1) is 0 Å². The van der Waals surface area contributed by atoms with Crippen molar-refractivity contribution in [3.05, 3.63) is 36.5 Å². The van der Waals surface area contributed by atoms with Gasteiger partial charge in [0, 0.05) is 0 Å². The number of hydrogen-bond donors (Lipinski definition) is 0. The molecule has 0 saturated heterocycles. The summed E-state index contributed by atoms with van der Waals surface area (Å²) in [6, 6.07) is 1.69. The van der Waals surface area contributed by atoms with E-state index in [1.54, 1.807) is 0 Å². The first kappa shape index (κ1) is 10.5. The molecule has 0 unspecified atom stereocenters. The van der Waals surface area contributed by atoms with Crippen molar-refractivity contribution in [2.75, 3.05) is 0 Å². The molecule has 67 valence electrons. The van der Waals surface area contributed by atoms with Gasteiger partial charge in [-0.25, -0.2) is 0 Å². The van der Waals surface area contributed by atoms with Crippen LogP contribution in [0.2, 0.25) is 5.02 Å². The van der Waals surface area contributed by atoms with Crippen LogP contribution in [0.5, 0.6) is 5.75 Å². The fourth-order valence-corrected chi connectivity index (χ4v) is 1.95. The maximum atomic E-state index is 12.6. The summed E-state index contributed by atoms with van der Waals surface area (Å²) in [5, 5.41) is 0.660. The van der Waals surface area contributed by atoms with Gasteiger partial charge in [0.25, 0.3) is 0 Å². The average Bonchev–Trinajstić information content (AvgIpc) is 2.10. The molecule has 1 aromatic rings. The van der Waals surface area contributed by atoms with Gasteiger partial charge in [0.05, 0.1) is 0 Å². The van der Waals surface area contributed by atoms with Crippen LogP contribution in [0.15, 0.2) is 12.1 Å². The molecule has 0 aliphatic heterocycles. The zero-order chi connectivity index (χ0) is 9.84. The van der Waals surface area contributed by atoms with E-state index in [4.69, 9.17) is 3.56 Å². The number of hydrogen-bond acceptors (Lipinski definition) is 1. The molecule has 0 saturated carbocycles. The van der Waals surface area contributed by atoms with E-state index in [0.29, 0.717) is 5.02 Å². The maximum absolute atomic E-state index is 12.6. The molecular formula is C8H6F3OZn. The van der Waals surface area contributed by atoms with Crippen LogP contribution in [-0.4, -0.2) is 0 Å². The van der Waals surface area contributed by atoms with Crippen LogP contribution in [-0.2, 0) is 17.5 Å². The van der Waals surface area contributed by atoms with E-state index in [9.17, 15) is 13.2 Å². The van der Waals surface area contributed by atoms with Crippen LogP contribution in [0.1, 0.15) is 0 Å². The third-order valence-electron chi connectivity index (χ3n) is 1.37. The molecule has 0 aliphatic rings. The van der Waals surface area contributed by atoms with Crippen LogP contribution in [0, 0.1) is 24.4 Å². The Morgan fingerprint density at radius 2 is 1.77 bits per heavy atom. The van der Waals surface area contributed by atoms with Crippen molar-refractivity contribution in [1.82, 2.24) is 0 Å². The SMILES string of the molecule is [CH2][CH2][Zn][O]c1cc(F)c(F)c(F)c1. The van der Waals surface area contributed by atoms with Gasteiger partial charge in [0.2, 0.25) is 0 Å². The summed E-state index contributed by atoms with van der Waals surface area (Å²) in [4.78, 5) is 0. The molecule has 1 aromatic carbocycles. The van der Waals surface area contributed by atoms with Gasteiger partial charge in [0.15, 0.2) is 0 Å². The Hall–Kier alpha value is -0.567. The summed E-state index contributed by atoms with van der Waals surface area (Å²) in [7, 11) is 0.